The summed E-state index contributed by atoms with van der Waals surface area (Å²) in [6, 6.07) is 5.26. The summed E-state index contributed by atoms with van der Waals surface area (Å²) in [4.78, 5) is 33.4. The molecule has 0 amide bonds. The van der Waals surface area contributed by atoms with E-state index in [1.54, 1.807) is 18.2 Å². The highest BCUT2D eigenvalue weighted by atomic mass is 35.5. The number of aromatic amines is 1. The standard InChI is InChI=1S/C13H9ClN4O3S/c1-18-11(20)7(10(19)17-13(18)21)5-15-12-16-8-3-2-6(14)4-9(8)22-12/h2-5,20H,1H3,(H,17,19,21). The van der Waals surface area contributed by atoms with Crippen LogP contribution in [0, 0.1) is 0 Å². The molecule has 3 rings (SSSR count). The fraction of sp³-hybridized carbons (Fsp3) is 0.0769. The van der Waals surface area contributed by atoms with E-state index in [4.69, 9.17) is 11.6 Å². The van der Waals surface area contributed by atoms with Crippen molar-refractivity contribution in [2.24, 2.45) is 12.0 Å². The van der Waals surface area contributed by atoms with E-state index in [-0.39, 0.29) is 5.56 Å². The highest BCUT2D eigenvalue weighted by molar-refractivity contribution is 7.22. The fourth-order valence-electron chi connectivity index (χ4n) is 1.80. The van der Waals surface area contributed by atoms with E-state index < -0.39 is 17.1 Å². The zero-order valence-electron chi connectivity index (χ0n) is 11.2. The minimum Gasteiger partial charge on any atom is -0.494 e. The number of fused-ring (bicyclic) bond motifs is 1. The number of nitrogens with one attached hydrogen (secondary N) is 1. The molecule has 2 aromatic heterocycles. The molecule has 0 radical (unpaired) electrons. The van der Waals surface area contributed by atoms with Gasteiger partial charge in [-0.3, -0.25) is 14.3 Å². The molecule has 0 aliphatic carbocycles. The Kier molecular flexibility index (Phi) is 3.55. The Morgan fingerprint density at radius 1 is 1.45 bits per heavy atom. The number of hydrogen-bond donors (Lipinski definition) is 2. The Labute approximate surface area is 132 Å². The van der Waals surface area contributed by atoms with Gasteiger partial charge in [-0.1, -0.05) is 22.9 Å². The molecule has 0 saturated heterocycles. The molecule has 3 aromatic rings. The lowest BCUT2D eigenvalue weighted by Gasteiger charge is -2.02. The highest BCUT2D eigenvalue weighted by Crippen LogP contribution is 2.29. The van der Waals surface area contributed by atoms with Crippen molar-refractivity contribution in [2.75, 3.05) is 0 Å². The van der Waals surface area contributed by atoms with E-state index in [2.05, 4.69) is 15.0 Å². The molecule has 9 heteroatoms. The number of aromatic nitrogens is 3. The average molecular weight is 337 g/mol. The molecule has 112 valence electrons. The van der Waals surface area contributed by atoms with E-state index >= 15 is 0 Å². The Morgan fingerprint density at radius 2 is 2.23 bits per heavy atom. The van der Waals surface area contributed by atoms with Crippen molar-refractivity contribution in [1.82, 2.24) is 14.5 Å². The van der Waals surface area contributed by atoms with Crippen molar-refractivity contribution in [1.29, 1.82) is 0 Å². The van der Waals surface area contributed by atoms with Gasteiger partial charge in [0.1, 0.15) is 5.56 Å². The van der Waals surface area contributed by atoms with E-state index in [0.29, 0.717) is 10.2 Å². The first-order chi connectivity index (χ1) is 10.5. The van der Waals surface area contributed by atoms with Gasteiger partial charge < -0.3 is 5.11 Å². The van der Waals surface area contributed by atoms with Crippen molar-refractivity contribution >= 4 is 44.5 Å². The van der Waals surface area contributed by atoms with Gasteiger partial charge in [0.05, 0.1) is 10.2 Å². The van der Waals surface area contributed by atoms with E-state index in [1.165, 1.54) is 24.6 Å². The van der Waals surface area contributed by atoms with Crippen LogP contribution in [0.5, 0.6) is 5.88 Å². The summed E-state index contributed by atoms with van der Waals surface area (Å²) in [6.45, 7) is 0. The van der Waals surface area contributed by atoms with Crippen molar-refractivity contribution in [2.45, 2.75) is 0 Å². The van der Waals surface area contributed by atoms with Gasteiger partial charge >= 0.3 is 5.69 Å². The summed E-state index contributed by atoms with van der Waals surface area (Å²) in [7, 11) is 1.34. The Bertz CT molecular complexity index is 1020. The van der Waals surface area contributed by atoms with Crippen LogP contribution in [0.15, 0.2) is 32.8 Å². The number of halogens is 1. The third-order valence-electron chi connectivity index (χ3n) is 2.97. The second-order valence-corrected chi connectivity index (χ2v) is 5.87. The lowest BCUT2D eigenvalue weighted by atomic mass is 10.3. The summed E-state index contributed by atoms with van der Waals surface area (Å²) in [5.41, 5.74) is -0.790. The van der Waals surface area contributed by atoms with Crippen molar-refractivity contribution in [3.05, 3.63) is 49.6 Å². The van der Waals surface area contributed by atoms with Crippen molar-refractivity contribution in [3.63, 3.8) is 0 Å². The maximum absolute atomic E-state index is 11.7. The second kappa shape index (κ2) is 5.39. The zero-order valence-corrected chi connectivity index (χ0v) is 12.8. The second-order valence-electron chi connectivity index (χ2n) is 4.42. The topological polar surface area (TPSA) is 100 Å². The van der Waals surface area contributed by atoms with Crippen LogP contribution >= 0.6 is 22.9 Å². The number of H-pyrrole nitrogens is 1. The average Bonchev–Trinajstić information content (AvgIpc) is 2.86. The molecule has 0 saturated carbocycles. The van der Waals surface area contributed by atoms with E-state index in [1.807, 2.05) is 0 Å². The van der Waals surface area contributed by atoms with Crippen molar-refractivity contribution in [3.8, 4) is 5.88 Å². The molecule has 2 heterocycles. The molecule has 2 N–H and O–H groups in total. The molecule has 7 nitrogen and oxygen atoms in total. The van der Waals surface area contributed by atoms with Gasteiger partial charge in [-0.15, -0.1) is 0 Å². The first kappa shape index (κ1) is 14.5. The third kappa shape index (κ3) is 2.53. The molecular weight excluding hydrogens is 328 g/mol. The van der Waals surface area contributed by atoms with Crippen LogP contribution in [0.25, 0.3) is 10.2 Å². The quantitative estimate of drug-likeness (QED) is 0.697. The van der Waals surface area contributed by atoms with E-state index in [9.17, 15) is 14.7 Å². The van der Waals surface area contributed by atoms with Gasteiger partial charge in [0.2, 0.25) is 11.0 Å². The minimum atomic E-state index is -0.714. The minimum absolute atomic E-state index is 0.112. The van der Waals surface area contributed by atoms with Gasteiger partial charge in [-0.25, -0.2) is 14.8 Å². The Hall–Kier alpha value is -2.45. The normalized spacial score (nSPS) is 11.5. The van der Waals surface area contributed by atoms with Crippen LogP contribution in [0.2, 0.25) is 5.02 Å². The van der Waals surface area contributed by atoms with Gasteiger partial charge in [0.25, 0.3) is 5.56 Å². The number of nitrogens with zero attached hydrogens (tertiary/aromatic N) is 3. The highest BCUT2D eigenvalue weighted by Gasteiger charge is 2.10. The fourth-order valence-corrected chi connectivity index (χ4v) is 2.89. The number of hydrogen-bond acceptors (Lipinski definition) is 6. The number of aliphatic imine (C=N–C) groups is 1. The number of thiazole rings is 1. The van der Waals surface area contributed by atoms with Gasteiger partial charge in [-0.05, 0) is 18.2 Å². The Balaban J connectivity index is 2.05. The van der Waals surface area contributed by atoms with Gasteiger partial charge in [0.15, 0.2) is 0 Å². The van der Waals surface area contributed by atoms with Crippen LogP contribution in [0.3, 0.4) is 0 Å². The predicted octanol–water partition coefficient (Wildman–Crippen LogP) is 1.79. The molecule has 1 aromatic carbocycles. The lowest BCUT2D eigenvalue weighted by Crippen LogP contribution is -2.30. The maximum atomic E-state index is 11.7. The predicted molar refractivity (Wildman–Crippen MR) is 85.9 cm³/mol. The largest absolute Gasteiger partial charge is 0.494 e. The molecule has 0 bridgehead atoms. The molecular formula is C13H9ClN4O3S. The summed E-state index contributed by atoms with van der Waals surface area (Å²) < 4.78 is 1.78. The number of rotatable bonds is 2. The lowest BCUT2D eigenvalue weighted by molar-refractivity contribution is 0.417. The van der Waals surface area contributed by atoms with Crippen LogP contribution in [0.1, 0.15) is 5.56 Å². The Morgan fingerprint density at radius 3 is 3.00 bits per heavy atom. The molecule has 0 atom stereocenters. The van der Waals surface area contributed by atoms with Crippen LogP contribution in [0.4, 0.5) is 5.13 Å². The summed E-state index contributed by atoms with van der Waals surface area (Å²) in [5, 5.41) is 10.8. The SMILES string of the molecule is Cn1c(O)c(C=Nc2nc3ccc(Cl)cc3s2)c(=O)[nH]c1=O. The molecule has 22 heavy (non-hydrogen) atoms. The monoisotopic (exact) mass is 336 g/mol. The van der Waals surface area contributed by atoms with Crippen LogP contribution in [-0.2, 0) is 7.05 Å². The van der Waals surface area contributed by atoms with Crippen LogP contribution < -0.4 is 11.2 Å². The summed E-state index contributed by atoms with van der Waals surface area (Å²) in [6.07, 6.45) is 1.17. The number of aromatic hydroxyl groups is 1. The first-order valence-corrected chi connectivity index (χ1v) is 7.27. The summed E-state index contributed by atoms with van der Waals surface area (Å²) in [5.74, 6) is -0.457. The van der Waals surface area contributed by atoms with Crippen LogP contribution in [-0.4, -0.2) is 25.9 Å². The molecule has 0 unspecified atom stereocenters. The maximum Gasteiger partial charge on any atom is 0.330 e. The summed E-state index contributed by atoms with van der Waals surface area (Å²) >= 11 is 7.20. The first-order valence-electron chi connectivity index (χ1n) is 6.08. The third-order valence-corrected chi connectivity index (χ3v) is 4.13. The van der Waals surface area contributed by atoms with Gasteiger partial charge in [-0.2, -0.15) is 0 Å². The molecule has 0 aliphatic rings. The molecule has 0 fully saturated rings. The van der Waals surface area contributed by atoms with Crippen molar-refractivity contribution < 1.29 is 5.11 Å². The number of benzene rings is 1. The molecule has 0 spiro atoms. The zero-order chi connectivity index (χ0) is 15.9. The van der Waals surface area contributed by atoms with Gasteiger partial charge in [0, 0.05) is 18.3 Å². The smallest absolute Gasteiger partial charge is 0.330 e. The van der Waals surface area contributed by atoms with E-state index in [0.717, 1.165) is 14.8 Å². The molecule has 0 aliphatic heterocycles.